The van der Waals surface area contributed by atoms with Gasteiger partial charge in [-0.15, -0.1) is 0 Å². The van der Waals surface area contributed by atoms with Gasteiger partial charge in [-0.3, -0.25) is 14.6 Å². The summed E-state index contributed by atoms with van der Waals surface area (Å²) in [5.41, 5.74) is 2.19. The van der Waals surface area contributed by atoms with Gasteiger partial charge in [0.2, 0.25) is 5.91 Å². The molecule has 1 fully saturated rings. The van der Waals surface area contributed by atoms with Crippen molar-refractivity contribution in [1.29, 1.82) is 0 Å². The minimum absolute atomic E-state index is 0.0137. The van der Waals surface area contributed by atoms with Crippen molar-refractivity contribution in [3.63, 3.8) is 0 Å². The molecule has 0 bridgehead atoms. The third-order valence-corrected chi connectivity index (χ3v) is 4.22. The van der Waals surface area contributed by atoms with Crippen LogP contribution in [0.3, 0.4) is 0 Å². The fraction of sp³-hybridized carbons (Fsp3) is 0.611. The first-order valence-corrected chi connectivity index (χ1v) is 8.09. The minimum atomic E-state index is -0.159. The highest BCUT2D eigenvalue weighted by Crippen LogP contribution is 2.26. The second kappa shape index (κ2) is 6.30. The molecule has 0 aliphatic carbocycles. The van der Waals surface area contributed by atoms with Gasteiger partial charge in [-0.05, 0) is 46.8 Å². The lowest BCUT2D eigenvalue weighted by molar-refractivity contribution is -0.131. The predicted octanol–water partition coefficient (Wildman–Crippen LogP) is 2.42. The van der Waals surface area contributed by atoms with Gasteiger partial charge in [0.15, 0.2) is 0 Å². The number of hydrogen-bond donors (Lipinski definition) is 0. The average molecular weight is 317 g/mol. The zero-order chi connectivity index (χ0) is 17.4. The maximum absolute atomic E-state index is 12.6. The SMILES string of the molecule is Cc1cc(C(=O)N(C)CC2CC(=O)N(C(C)(C)C)C2)cc(C)n1. The molecule has 1 saturated heterocycles. The van der Waals surface area contributed by atoms with Crippen LogP contribution in [-0.4, -0.2) is 52.3 Å². The Morgan fingerprint density at radius 1 is 1.30 bits per heavy atom. The molecule has 5 nitrogen and oxygen atoms in total. The molecule has 0 spiro atoms. The summed E-state index contributed by atoms with van der Waals surface area (Å²) in [6.07, 6.45) is 0.517. The molecule has 0 saturated carbocycles. The number of hydrogen-bond acceptors (Lipinski definition) is 3. The van der Waals surface area contributed by atoms with Gasteiger partial charge in [0.25, 0.3) is 5.91 Å². The second-order valence-electron chi connectivity index (χ2n) is 7.57. The van der Waals surface area contributed by atoms with Gasteiger partial charge < -0.3 is 9.80 Å². The summed E-state index contributed by atoms with van der Waals surface area (Å²) in [6, 6.07) is 3.63. The average Bonchev–Trinajstić information content (AvgIpc) is 2.77. The number of carbonyl (C=O) groups is 2. The minimum Gasteiger partial charge on any atom is -0.341 e. The molecule has 2 amide bonds. The Morgan fingerprint density at radius 2 is 1.87 bits per heavy atom. The molecule has 0 aromatic carbocycles. The van der Waals surface area contributed by atoms with E-state index >= 15 is 0 Å². The van der Waals surface area contributed by atoms with E-state index in [9.17, 15) is 9.59 Å². The van der Waals surface area contributed by atoms with Crippen molar-refractivity contribution in [3.05, 3.63) is 29.1 Å². The number of aryl methyl sites for hydroxylation is 2. The first-order chi connectivity index (χ1) is 10.6. The molecule has 1 unspecified atom stereocenters. The van der Waals surface area contributed by atoms with Crippen LogP contribution in [-0.2, 0) is 4.79 Å². The van der Waals surface area contributed by atoms with E-state index in [-0.39, 0.29) is 23.3 Å². The van der Waals surface area contributed by atoms with Crippen LogP contribution in [0.1, 0.15) is 48.9 Å². The molecule has 23 heavy (non-hydrogen) atoms. The van der Waals surface area contributed by atoms with Crippen molar-refractivity contribution in [2.75, 3.05) is 20.1 Å². The Bertz CT molecular complexity index is 599. The maximum atomic E-state index is 12.6. The van der Waals surface area contributed by atoms with E-state index in [2.05, 4.69) is 4.98 Å². The van der Waals surface area contributed by atoms with E-state index in [4.69, 9.17) is 0 Å². The highest BCUT2D eigenvalue weighted by Gasteiger charge is 2.36. The molecule has 2 rings (SSSR count). The number of carbonyl (C=O) groups excluding carboxylic acids is 2. The van der Waals surface area contributed by atoms with Crippen LogP contribution in [0.5, 0.6) is 0 Å². The smallest absolute Gasteiger partial charge is 0.253 e. The zero-order valence-corrected chi connectivity index (χ0v) is 15.0. The lowest BCUT2D eigenvalue weighted by Crippen LogP contribution is -2.43. The Labute approximate surface area is 138 Å². The summed E-state index contributed by atoms with van der Waals surface area (Å²) in [4.78, 5) is 32.7. The fourth-order valence-electron chi connectivity index (χ4n) is 3.20. The van der Waals surface area contributed by atoms with E-state index in [0.717, 1.165) is 11.4 Å². The molecule has 1 aliphatic rings. The topological polar surface area (TPSA) is 53.5 Å². The molecular formula is C18H27N3O2. The largest absolute Gasteiger partial charge is 0.341 e. The number of rotatable bonds is 3. The quantitative estimate of drug-likeness (QED) is 0.860. The summed E-state index contributed by atoms with van der Waals surface area (Å²) < 4.78 is 0. The van der Waals surface area contributed by atoms with Crippen molar-refractivity contribution >= 4 is 11.8 Å². The van der Waals surface area contributed by atoms with Crippen LogP contribution in [0.25, 0.3) is 0 Å². The monoisotopic (exact) mass is 317 g/mol. The van der Waals surface area contributed by atoms with Gasteiger partial charge in [-0.25, -0.2) is 0 Å². The highest BCUT2D eigenvalue weighted by atomic mass is 16.2. The van der Waals surface area contributed by atoms with Crippen LogP contribution in [0.4, 0.5) is 0 Å². The lowest BCUT2D eigenvalue weighted by Gasteiger charge is -2.32. The van der Waals surface area contributed by atoms with Gasteiger partial charge in [-0.2, -0.15) is 0 Å². The lowest BCUT2D eigenvalue weighted by atomic mass is 10.1. The Hall–Kier alpha value is -1.91. The zero-order valence-electron chi connectivity index (χ0n) is 15.0. The maximum Gasteiger partial charge on any atom is 0.253 e. The number of pyridine rings is 1. The van der Waals surface area contributed by atoms with Gasteiger partial charge >= 0.3 is 0 Å². The van der Waals surface area contributed by atoms with E-state index in [1.54, 1.807) is 11.9 Å². The summed E-state index contributed by atoms with van der Waals surface area (Å²) in [6.45, 7) is 11.2. The molecule has 1 atom stereocenters. The van der Waals surface area contributed by atoms with Crippen molar-refractivity contribution in [2.45, 2.75) is 46.6 Å². The van der Waals surface area contributed by atoms with E-state index in [1.807, 2.05) is 51.7 Å². The Morgan fingerprint density at radius 3 is 2.35 bits per heavy atom. The predicted molar refractivity (Wildman–Crippen MR) is 90.2 cm³/mol. The van der Waals surface area contributed by atoms with Crippen LogP contribution >= 0.6 is 0 Å². The third kappa shape index (κ3) is 4.09. The molecule has 2 heterocycles. The number of nitrogens with zero attached hydrogens (tertiary/aromatic N) is 3. The standard InChI is InChI=1S/C18H27N3O2/c1-12-7-15(8-13(2)19-12)17(23)20(6)10-14-9-16(22)21(11-14)18(3,4)5/h7-8,14H,9-11H2,1-6H3. The van der Waals surface area contributed by atoms with Gasteiger partial charge in [0.1, 0.15) is 0 Å². The van der Waals surface area contributed by atoms with Crippen LogP contribution in [0.15, 0.2) is 12.1 Å². The number of likely N-dealkylation sites (tertiary alicyclic amines) is 1. The van der Waals surface area contributed by atoms with E-state index in [1.165, 1.54) is 0 Å². The number of amides is 2. The summed E-state index contributed by atoms with van der Waals surface area (Å²) in [5, 5.41) is 0. The molecule has 1 aliphatic heterocycles. The molecule has 0 N–H and O–H groups in total. The van der Waals surface area contributed by atoms with Gasteiger partial charge in [-0.1, -0.05) is 0 Å². The van der Waals surface area contributed by atoms with Crippen LogP contribution < -0.4 is 0 Å². The number of aromatic nitrogens is 1. The normalized spacial score (nSPS) is 18.4. The first kappa shape index (κ1) is 17.4. The van der Waals surface area contributed by atoms with Gasteiger partial charge in [0, 0.05) is 55.0 Å². The van der Waals surface area contributed by atoms with Crippen molar-refractivity contribution in [3.8, 4) is 0 Å². The molecule has 1 aromatic heterocycles. The summed E-state index contributed by atoms with van der Waals surface area (Å²) in [5.74, 6) is 0.360. The van der Waals surface area contributed by atoms with E-state index in [0.29, 0.717) is 25.1 Å². The molecule has 0 radical (unpaired) electrons. The van der Waals surface area contributed by atoms with Crippen LogP contribution in [0.2, 0.25) is 0 Å². The summed E-state index contributed by atoms with van der Waals surface area (Å²) in [7, 11) is 1.80. The van der Waals surface area contributed by atoms with Crippen molar-refractivity contribution in [2.24, 2.45) is 5.92 Å². The van der Waals surface area contributed by atoms with E-state index < -0.39 is 0 Å². The molecule has 1 aromatic rings. The van der Waals surface area contributed by atoms with Crippen LogP contribution in [0, 0.1) is 19.8 Å². The molecular weight excluding hydrogens is 290 g/mol. The van der Waals surface area contributed by atoms with Gasteiger partial charge in [0.05, 0.1) is 0 Å². The molecule has 126 valence electrons. The fourth-order valence-corrected chi connectivity index (χ4v) is 3.20. The Kier molecular flexibility index (Phi) is 4.78. The highest BCUT2D eigenvalue weighted by molar-refractivity contribution is 5.94. The van der Waals surface area contributed by atoms with Crippen molar-refractivity contribution in [1.82, 2.24) is 14.8 Å². The third-order valence-electron chi connectivity index (χ3n) is 4.22. The Balaban J connectivity index is 2.03. The summed E-state index contributed by atoms with van der Waals surface area (Å²) >= 11 is 0. The second-order valence-corrected chi connectivity index (χ2v) is 7.57. The molecule has 5 heteroatoms. The van der Waals surface area contributed by atoms with Crippen molar-refractivity contribution < 1.29 is 9.59 Å². The first-order valence-electron chi connectivity index (χ1n) is 8.09.